The summed E-state index contributed by atoms with van der Waals surface area (Å²) in [6.45, 7) is 4.04. The second-order valence-corrected chi connectivity index (χ2v) is 6.03. The average Bonchev–Trinajstić information content (AvgIpc) is 2.56. The first-order chi connectivity index (χ1) is 11.8. The van der Waals surface area contributed by atoms with Gasteiger partial charge >= 0.3 is 6.18 Å². The Morgan fingerprint density at radius 2 is 1.92 bits per heavy atom. The number of nitrogens with one attached hydrogen (secondary N) is 2. The summed E-state index contributed by atoms with van der Waals surface area (Å²) in [6.07, 6.45) is -1.67. The summed E-state index contributed by atoms with van der Waals surface area (Å²) < 4.78 is 40.1. The molecule has 0 aliphatic heterocycles. The normalized spacial score (nSPS) is 11.8. The predicted octanol–water partition coefficient (Wildman–Crippen LogP) is 5.17. The van der Waals surface area contributed by atoms with Crippen LogP contribution < -0.4 is 10.6 Å². The minimum absolute atomic E-state index is 0.0241. The van der Waals surface area contributed by atoms with E-state index >= 15 is 0 Å². The van der Waals surface area contributed by atoms with Crippen molar-refractivity contribution in [2.45, 2.75) is 45.5 Å². The van der Waals surface area contributed by atoms with Gasteiger partial charge in [0.05, 0.1) is 0 Å². The average molecular weight is 373 g/mol. The van der Waals surface area contributed by atoms with Gasteiger partial charge in [0.25, 0.3) is 0 Å². The molecule has 0 aliphatic rings. The summed E-state index contributed by atoms with van der Waals surface area (Å²) in [5.74, 6) is -0.124. The van der Waals surface area contributed by atoms with Gasteiger partial charge < -0.3 is 10.6 Å². The molecule has 2 rings (SSSR count). The van der Waals surface area contributed by atoms with Crippen LogP contribution in [0.3, 0.4) is 0 Å². The Labute approximate surface area is 149 Å². The number of nitrogens with zero attached hydrogens (tertiary/aromatic N) is 2. The van der Waals surface area contributed by atoms with Crippen LogP contribution in [0.25, 0.3) is 0 Å². The van der Waals surface area contributed by atoms with Crippen LogP contribution in [0.2, 0.25) is 5.02 Å². The summed E-state index contributed by atoms with van der Waals surface area (Å²) in [7, 11) is 0. The molecule has 2 N–H and O–H groups in total. The van der Waals surface area contributed by atoms with Gasteiger partial charge in [-0.1, -0.05) is 31.5 Å². The molecular weight excluding hydrogens is 353 g/mol. The van der Waals surface area contributed by atoms with Gasteiger partial charge in [0.2, 0.25) is 5.95 Å². The van der Waals surface area contributed by atoms with Gasteiger partial charge in [-0.05, 0) is 31.0 Å². The molecule has 1 aromatic heterocycles. The molecule has 8 heteroatoms. The van der Waals surface area contributed by atoms with Crippen LogP contribution >= 0.6 is 11.6 Å². The van der Waals surface area contributed by atoms with E-state index < -0.39 is 11.9 Å². The quantitative estimate of drug-likeness (QED) is 0.704. The molecule has 0 bridgehead atoms. The van der Waals surface area contributed by atoms with Crippen molar-refractivity contribution in [3.8, 4) is 0 Å². The van der Waals surface area contributed by atoms with Gasteiger partial charge in [0, 0.05) is 35.1 Å². The van der Waals surface area contributed by atoms with Crippen LogP contribution in [-0.2, 0) is 12.7 Å². The lowest BCUT2D eigenvalue weighted by molar-refractivity contribution is -0.141. The molecule has 25 heavy (non-hydrogen) atoms. The highest BCUT2D eigenvalue weighted by molar-refractivity contribution is 6.30. The lowest BCUT2D eigenvalue weighted by Gasteiger charge is -2.17. The molecule has 0 amide bonds. The zero-order valence-corrected chi connectivity index (χ0v) is 14.7. The van der Waals surface area contributed by atoms with E-state index in [2.05, 4.69) is 20.6 Å². The summed E-state index contributed by atoms with van der Waals surface area (Å²) in [4.78, 5) is 7.67. The smallest absolute Gasteiger partial charge is 0.324 e. The van der Waals surface area contributed by atoms with E-state index in [-0.39, 0.29) is 24.1 Å². The lowest BCUT2D eigenvalue weighted by atomic mass is 10.1. The molecule has 0 saturated carbocycles. The second kappa shape index (κ2) is 8.49. The largest absolute Gasteiger partial charge is 0.433 e. The van der Waals surface area contributed by atoms with Crippen molar-refractivity contribution in [2.24, 2.45) is 0 Å². The molecule has 0 atom stereocenters. The number of halogens is 4. The van der Waals surface area contributed by atoms with Crippen molar-refractivity contribution >= 4 is 23.2 Å². The van der Waals surface area contributed by atoms with E-state index in [1.54, 1.807) is 24.3 Å². The number of alkyl halides is 3. The zero-order chi connectivity index (χ0) is 18.4. The van der Waals surface area contributed by atoms with Crippen LogP contribution in [0, 0.1) is 0 Å². The summed E-state index contributed by atoms with van der Waals surface area (Å²) in [5.41, 5.74) is -0.398. The molecule has 1 aromatic carbocycles. The molecule has 0 spiro atoms. The monoisotopic (exact) mass is 372 g/mol. The predicted molar refractivity (Wildman–Crippen MR) is 93.0 cm³/mol. The Hall–Kier alpha value is -1.86. The first kappa shape index (κ1) is 19.5. The fraction of sp³-hybridized carbons (Fsp3) is 0.412. The van der Waals surface area contributed by atoms with Crippen LogP contribution in [0.1, 0.15) is 37.9 Å². The molecule has 2 aromatic rings. The summed E-state index contributed by atoms with van der Waals surface area (Å²) in [5, 5.41) is 6.32. The molecule has 136 valence electrons. The molecule has 0 aliphatic carbocycles. The molecule has 0 fully saturated rings. The highest BCUT2D eigenvalue weighted by atomic mass is 35.5. The van der Waals surface area contributed by atoms with Crippen molar-refractivity contribution in [1.29, 1.82) is 0 Å². The number of rotatable bonds is 7. The third-order valence-corrected chi connectivity index (χ3v) is 4.02. The van der Waals surface area contributed by atoms with E-state index in [0.717, 1.165) is 12.8 Å². The first-order valence-electron chi connectivity index (χ1n) is 8.02. The number of hydrogen-bond donors (Lipinski definition) is 2. The Balaban J connectivity index is 2.24. The van der Waals surface area contributed by atoms with E-state index in [9.17, 15) is 13.2 Å². The van der Waals surface area contributed by atoms with Crippen molar-refractivity contribution < 1.29 is 13.2 Å². The molecule has 0 radical (unpaired) electrons. The molecule has 1 heterocycles. The molecule has 4 nitrogen and oxygen atoms in total. The standard InChI is InChI=1S/C17H20ClF3N4/c1-3-13(4-2)22-9-11-10-23-16(25-15(11)17(19,20)21)24-14-7-5-6-12(18)8-14/h5-8,10,13,22H,3-4,9H2,1-2H3,(H,23,24,25). The van der Waals surface area contributed by atoms with Gasteiger partial charge in [-0.3, -0.25) is 0 Å². The lowest BCUT2D eigenvalue weighted by Crippen LogP contribution is -2.28. The molecule has 0 unspecified atom stereocenters. The Morgan fingerprint density at radius 3 is 2.52 bits per heavy atom. The van der Waals surface area contributed by atoms with Crippen molar-refractivity contribution in [3.63, 3.8) is 0 Å². The molecular formula is C17H20ClF3N4. The van der Waals surface area contributed by atoms with Crippen molar-refractivity contribution in [1.82, 2.24) is 15.3 Å². The minimum Gasteiger partial charge on any atom is -0.324 e. The highest BCUT2D eigenvalue weighted by Crippen LogP contribution is 2.31. The second-order valence-electron chi connectivity index (χ2n) is 5.59. The van der Waals surface area contributed by atoms with E-state index in [1.807, 2.05) is 13.8 Å². The molecule has 0 saturated heterocycles. The maximum atomic E-state index is 13.4. The Kier molecular flexibility index (Phi) is 6.61. The maximum Gasteiger partial charge on any atom is 0.433 e. The minimum atomic E-state index is -4.56. The third-order valence-electron chi connectivity index (χ3n) is 3.78. The summed E-state index contributed by atoms with van der Waals surface area (Å²) >= 11 is 5.87. The van der Waals surface area contributed by atoms with Gasteiger partial charge in [-0.25, -0.2) is 9.97 Å². The topological polar surface area (TPSA) is 49.8 Å². The number of benzene rings is 1. The van der Waals surface area contributed by atoms with Gasteiger partial charge in [-0.15, -0.1) is 0 Å². The van der Waals surface area contributed by atoms with Crippen LogP contribution in [-0.4, -0.2) is 16.0 Å². The van der Waals surface area contributed by atoms with E-state index in [4.69, 9.17) is 11.6 Å². The Morgan fingerprint density at radius 1 is 1.20 bits per heavy atom. The van der Waals surface area contributed by atoms with Gasteiger partial charge in [-0.2, -0.15) is 13.2 Å². The fourth-order valence-corrected chi connectivity index (χ4v) is 2.56. The maximum absolute atomic E-state index is 13.4. The van der Waals surface area contributed by atoms with Crippen molar-refractivity contribution in [3.05, 3.63) is 46.7 Å². The van der Waals surface area contributed by atoms with Crippen LogP contribution in [0.4, 0.5) is 24.8 Å². The number of anilines is 2. The fourth-order valence-electron chi connectivity index (χ4n) is 2.37. The van der Waals surface area contributed by atoms with E-state index in [0.29, 0.717) is 10.7 Å². The number of hydrogen-bond acceptors (Lipinski definition) is 4. The van der Waals surface area contributed by atoms with Crippen LogP contribution in [0.5, 0.6) is 0 Å². The Bertz CT molecular complexity index is 703. The number of aromatic nitrogens is 2. The summed E-state index contributed by atoms with van der Waals surface area (Å²) in [6, 6.07) is 6.77. The van der Waals surface area contributed by atoms with Gasteiger partial charge in [0.15, 0.2) is 5.69 Å². The first-order valence-corrected chi connectivity index (χ1v) is 8.40. The highest BCUT2D eigenvalue weighted by Gasteiger charge is 2.36. The van der Waals surface area contributed by atoms with Crippen molar-refractivity contribution in [2.75, 3.05) is 5.32 Å². The third kappa shape index (κ3) is 5.57. The zero-order valence-electron chi connectivity index (χ0n) is 14.0. The van der Waals surface area contributed by atoms with Crippen LogP contribution in [0.15, 0.2) is 30.5 Å². The van der Waals surface area contributed by atoms with Gasteiger partial charge in [0.1, 0.15) is 0 Å². The SMILES string of the molecule is CCC(CC)NCc1cnc(Nc2cccc(Cl)c2)nc1C(F)(F)F. The van der Waals surface area contributed by atoms with E-state index in [1.165, 1.54) is 6.20 Å².